The predicted octanol–water partition coefficient (Wildman–Crippen LogP) is 2.58. The van der Waals surface area contributed by atoms with Crippen LogP contribution < -0.4 is 20.7 Å². The minimum absolute atomic E-state index is 0.0467. The second-order valence-electron chi connectivity index (χ2n) is 6.13. The molecule has 1 heterocycles. The Morgan fingerprint density at radius 2 is 1.86 bits per heavy atom. The van der Waals surface area contributed by atoms with Gasteiger partial charge in [-0.25, -0.2) is 0 Å². The molecule has 0 atom stereocenters. The standard InChI is InChI=1S/C20H16ClN3O4S/c1-11-6-7-13(9-15(11)21)22-17(25)10-28-16-5-3-2-4-12(16)8-14-18(26)23-20(29)24-19(14)27/h2-9H,10H2,1H3,(H,22,25)(H2,23,24,26,27,29). The number of nitrogens with one attached hydrogen (secondary N) is 3. The number of para-hydroxylation sites is 1. The summed E-state index contributed by atoms with van der Waals surface area (Å²) in [6, 6.07) is 11.9. The number of benzene rings is 2. The Morgan fingerprint density at radius 3 is 2.55 bits per heavy atom. The van der Waals surface area contributed by atoms with Gasteiger partial charge in [-0.2, -0.15) is 0 Å². The highest BCUT2D eigenvalue weighted by Gasteiger charge is 2.26. The van der Waals surface area contributed by atoms with Gasteiger partial charge in [0.25, 0.3) is 17.7 Å². The van der Waals surface area contributed by atoms with Crippen LogP contribution in [0.5, 0.6) is 5.75 Å². The van der Waals surface area contributed by atoms with Gasteiger partial charge >= 0.3 is 0 Å². The van der Waals surface area contributed by atoms with E-state index in [1.165, 1.54) is 6.08 Å². The van der Waals surface area contributed by atoms with Gasteiger partial charge in [0.05, 0.1) is 0 Å². The van der Waals surface area contributed by atoms with Crippen molar-refractivity contribution in [3.05, 3.63) is 64.2 Å². The number of anilines is 1. The van der Waals surface area contributed by atoms with Gasteiger partial charge in [-0.05, 0) is 49.0 Å². The molecule has 29 heavy (non-hydrogen) atoms. The van der Waals surface area contributed by atoms with Crippen LogP contribution in [0.1, 0.15) is 11.1 Å². The van der Waals surface area contributed by atoms with Crippen molar-refractivity contribution in [2.75, 3.05) is 11.9 Å². The number of hydrogen-bond donors (Lipinski definition) is 3. The lowest BCUT2D eigenvalue weighted by Gasteiger charge is -2.17. The van der Waals surface area contributed by atoms with E-state index in [1.807, 2.05) is 6.92 Å². The minimum Gasteiger partial charge on any atom is -0.483 e. The van der Waals surface area contributed by atoms with E-state index in [4.69, 9.17) is 28.6 Å². The van der Waals surface area contributed by atoms with Crippen molar-refractivity contribution in [1.82, 2.24) is 10.6 Å². The highest BCUT2D eigenvalue weighted by Crippen LogP contribution is 2.23. The number of rotatable bonds is 5. The number of carbonyl (C=O) groups excluding carboxylic acids is 3. The fourth-order valence-corrected chi connectivity index (χ4v) is 2.87. The molecular weight excluding hydrogens is 414 g/mol. The smallest absolute Gasteiger partial charge is 0.263 e. The van der Waals surface area contributed by atoms with Crippen LogP contribution in [0.15, 0.2) is 48.0 Å². The Labute approximate surface area is 177 Å². The molecule has 9 heteroatoms. The maximum absolute atomic E-state index is 12.2. The fraction of sp³-hybridized carbons (Fsp3) is 0.100. The van der Waals surface area contributed by atoms with Crippen LogP contribution in [-0.4, -0.2) is 29.4 Å². The van der Waals surface area contributed by atoms with E-state index < -0.39 is 11.8 Å². The van der Waals surface area contributed by atoms with Crippen molar-refractivity contribution in [3.63, 3.8) is 0 Å². The molecule has 0 aromatic heterocycles. The summed E-state index contributed by atoms with van der Waals surface area (Å²) in [7, 11) is 0. The Bertz CT molecular complexity index is 1030. The molecule has 2 aromatic carbocycles. The first-order valence-electron chi connectivity index (χ1n) is 8.49. The van der Waals surface area contributed by atoms with Crippen LogP contribution in [0.2, 0.25) is 5.02 Å². The SMILES string of the molecule is Cc1ccc(NC(=O)COc2ccccc2C=C2C(=O)NC(=S)NC2=O)cc1Cl. The fourth-order valence-electron chi connectivity index (χ4n) is 2.50. The number of carbonyl (C=O) groups is 3. The van der Waals surface area contributed by atoms with E-state index in [9.17, 15) is 14.4 Å². The van der Waals surface area contributed by atoms with Crippen LogP contribution in [0.4, 0.5) is 5.69 Å². The molecular formula is C20H16ClN3O4S. The topological polar surface area (TPSA) is 96.5 Å². The highest BCUT2D eigenvalue weighted by molar-refractivity contribution is 7.80. The molecule has 3 N–H and O–H groups in total. The average molecular weight is 430 g/mol. The highest BCUT2D eigenvalue weighted by atomic mass is 35.5. The van der Waals surface area contributed by atoms with Gasteiger partial charge in [0.1, 0.15) is 11.3 Å². The van der Waals surface area contributed by atoms with Crippen LogP contribution in [0.25, 0.3) is 6.08 Å². The van der Waals surface area contributed by atoms with Gasteiger partial charge < -0.3 is 10.1 Å². The van der Waals surface area contributed by atoms with Gasteiger partial charge in [0, 0.05) is 16.3 Å². The third-order valence-corrected chi connectivity index (χ3v) is 4.59. The van der Waals surface area contributed by atoms with Crippen LogP contribution in [0, 0.1) is 6.92 Å². The third kappa shape index (κ3) is 5.18. The molecule has 0 aliphatic carbocycles. The van der Waals surface area contributed by atoms with Crippen molar-refractivity contribution in [1.29, 1.82) is 0 Å². The number of amides is 3. The predicted molar refractivity (Wildman–Crippen MR) is 114 cm³/mol. The van der Waals surface area contributed by atoms with Crippen molar-refractivity contribution < 1.29 is 19.1 Å². The lowest BCUT2D eigenvalue weighted by molar-refractivity contribution is -0.123. The summed E-state index contributed by atoms with van der Waals surface area (Å²) in [6.45, 7) is 1.59. The van der Waals surface area contributed by atoms with Crippen molar-refractivity contribution in [2.24, 2.45) is 0 Å². The molecule has 0 unspecified atom stereocenters. The Hall–Kier alpha value is -3.23. The zero-order chi connectivity index (χ0) is 21.0. The molecule has 148 valence electrons. The Balaban J connectivity index is 1.71. The summed E-state index contributed by atoms with van der Waals surface area (Å²) in [5.74, 6) is -1.26. The molecule has 0 saturated carbocycles. The van der Waals surface area contributed by atoms with Crippen LogP contribution in [-0.2, 0) is 14.4 Å². The van der Waals surface area contributed by atoms with Crippen molar-refractivity contribution >= 4 is 58.4 Å². The molecule has 1 aliphatic heterocycles. The Kier molecular flexibility index (Phi) is 6.26. The summed E-state index contributed by atoms with van der Waals surface area (Å²) < 4.78 is 5.58. The normalized spacial score (nSPS) is 13.4. The second-order valence-corrected chi connectivity index (χ2v) is 6.95. The van der Waals surface area contributed by atoms with Gasteiger partial charge in [-0.15, -0.1) is 0 Å². The van der Waals surface area contributed by atoms with Gasteiger partial charge in [-0.3, -0.25) is 25.0 Å². The molecule has 0 radical (unpaired) electrons. The number of halogens is 1. The van der Waals surface area contributed by atoms with Gasteiger partial charge in [0.2, 0.25) is 0 Å². The summed E-state index contributed by atoms with van der Waals surface area (Å²) in [6.07, 6.45) is 1.37. The lowest BCUT2D eigenvalue weighted by atomic mass is 10.1. The first-order valence-corrected chi connectivity index (χ1v) is 9.28. The molecule has 3 amide bonds. The van der Waals surface area contributed by atoms with Crippen LogP contribution >= 0.6 is 23.8 Å². The van der Waals surface area contributed by atoms with Crippen molar-refractivity contribution in [3.8, 4) is 5.75 Å². The summed E-state index contributed by atoms with van der Waals surface area (Å²) in [5.41, 5.74) is 1.80. The van der Waals surface area contributed by atoms with E-state index in [1.54, 1.807) is 42.5 Å². The first kappa shape index (κ1) is 20.5. The maximum Gasteiger partial charge on any atom is 0.263 e. The molecule has 0 bridgehead atoms. The van der Waals surface area contributed by atoms with E-state index in [0.29, 0.717) is 22.0 Å². The number of ether oxygens (including phenoxy) is 1. The maximum atomic E-state index is 12.2. The van der Waals surface area contributed by atoms with Crippen molar-refractivity contribution in [2.45, 2.75) is 6.92 Å². The quantitative estimate of drug-likeness (QED) is 0.385. The monoisotopic (exact) mass is 429 g/mol. The molecule has 1 aliphatic rings. The average Bonchev–Trinajstić information content (AvgIpc) is 2.66. The second kappa shape index (κ2) is 8.85. The summed E-state index contributed by atoms with van der Waals surface area (Å²) in [5, 5.41) is 7.92. The minimum atomic E-state index is -0.609. The largest absolute Gasteiger partial charge is 0.483 e. The molecule has 3 rings (SSSR count). The van der Waals surface area contributed by atoms with Crippen LogP contribution in [0.3, 0.4) is 0 Å². The molecule has 2 aromatic rings. The number of hydrogen-bond acceptors (Lipinski definition) is 5. The molecule has 1 fully saturated rings. The molecule has 1 saturated heterocycles. The number of aryl methyl sites for hydroxylation is 1. The third-order valence-electron chi connectivity index (χ3n) is 3.98. The lowest BCUT2D eigenvalue weighted by Crippen LogP contribution is -2.51. The molecule has 7 nitrogen and oxygen atoms in total. The van der Waals surface area contributed by atoms with E-state index >= 15 is 0 Å². The zero-order valence-electron chi connectivity index (χ0n) is 15.2. The van der Waals surface area contributed by atoms with Gasteiger partial charge in [0.15, 0.2) is 11.7 Å². The van der Waals surface area contributed by atoms with Gasteiger partial charge in [-0.1, -0.05) is 35.9 Å². The first-order chi connectivity index (χ1) is 13.8. The zero-order valence-corrected chi connectivity index (χ0v) is 16.8. The number of thiocarbonyl (C=S) groups is 1. The van der Waals surface area contributed by atoms with E-state index in [-0.39, 0.29) is 23.2 Å². The van der Waals surface area contributed by atoms with E-state index in [2.05, 4.69) is 16.0 Å². The summed E-state index contributed by atoms with van der Waals surface area (Å²) in [4.78, 5) is 36.2. The summed E-state index contributed by atoms with van der Waals surface area (Å²) >= 11 is 10.8. The van der Waals surface area contributed by atoms with E-state index in [0.717, 1.165) is 5.56 Å². The molecule has 0 spiro atoms. The Morgan fingerprint density at radius 1 is 1.17 bits per heavy atom.